The third-order valence-electron chi connectivity index (χ3n) is 4.50. The number of hydrogen-bond donors (Lipinski definition) is 0. The molecule has 0 atom stereocenters. The largest absolute Gasteiger partial charge is 0.487 e. The Morgan fingerprint density at radius 1 is 0.719 bits per heavy atom. The molecule has 4 aromatic carbocycles. The van der Waals surface area contributed by atoms with Crippen molar-refractivity contribution in [1.82, 2.24) is 0 Å². The van der Waals surface area contributed by atoms with E-state index in [-0.39, 0.29) is 0 Å². The molecule has 0 saturated heterocycles. The quantitative estimate of drug-likeness (QED) is 0.194. The Bertz CT molecular complexity index is 1210. The van der Waals surface area contributed by atoms with Gasteiger partial charge in [-0.15, -0.1) is 0 Å². The summed E-state index contributed by atoms with van der Waals surface area (Å²) in [5.41, 5.74) is 2.77. The zero-order valence-electron chi connectivity index (χ0n) is 16.8. The predicted octanol–water partition coefficient (Wildman–Crippen LogP) is 9.10. The lowest BCUT2D eigenvalue weighted by molar-refractivity contribution is 0.304. The molecule has 6 heteroatoms. The molecular weight excluding hydrogens is 598 g/mol. The maximum Gasteiger partial charge on any atom is 0.142 e. The van der Waals surface area contributed by atoms with Crippen LogP contribution in [0.25, 0.3) is 0 Å². The second-order valence-electron chi connectivity index (χ2n) is 6.89. The molecule has 4 aromatic rings. The van der Waals surface area contributed by atoms with Crippen LogP contribution in [-0.2, 0) is 6.61 Å². The van der Waals surface area contributed by atoms with Crippen LogP contribution in [0.1, 0.15) is 11.1 Å². The Labute approximate surface area is 212 Å². The number of halogens is 3. The van der Waals surface area contributed by atoms with E-state index in [4.69, 9.17) is 9.47 Å². The molecule has 0 aliphatic rings. The average Bonchev–Trinajstić information content (AvgIpc) is 2.80. The fourth-order valence-electron chi connectivity index (χ4n) is 2.93. The van der Waals surface area contributed by atoms with E-state index >= 15 is 0 Å². The first-order valence-corrected chi connectivity index (χ1v) is 12.2. The number of ether oxygens (including phenoxy) is 2. The van der Waals surface area contributed by atoms with Crippen molar-refractivity contribution in [2.45, 2.75) is 6.61 Å². The lowest BCUT2D eigenvalue weighted by Gasteiger charge is -2.12. The highest BCUT2D eigenvalue weighted by atomic mass is 79.9. The van der Waals surface area contributed by atoms with Crippen molar-refractivity contribution in [3.63, 3.8) is 0 Å². The van der Waals surface area contributed by atoms with Crippen molar-refractivity contribution in [1.29, 1.82) is 0 Å². The third-order valence-corrected chi connectivity index (χ3v) is 6.08. The van der Waals surface area contributed by atoms with Crippen molar-refractivity contribution >= 4 is 59.7 Å². The Morgan fingerprint density at radius 2 is 1.41 bits per heavy atom. The first-order valence-electron chi connectivity index (χ1n) is 9.80. The summed E-state index contributed by atoms with van der Waals surface area (Å²) in [6.45, 7) is 0.458. The molecule has 3 nitrogen and oxygen atoms in total. The van der Waals surface area contributed by atoms with Gasteiger partial charge in [-0.2, -0.15) is 0 Å². The Hall–Kier alpha value is -2.41. The summed E-state index contributed by atoms with van der Waals surface area (Å²) >= 11 is 10.6. The molecule has 32 heavy (non-hydrogen) atoms. The first-order chi connectivity index (χ1) is 15.6. The molecule has 160 valence electrons. The van der Waals surface area contributed by atoms with Crippen LogP contribution in [0.2, 0.25) is 0 Å². The van der Waals surface area contributed by atoms with Gasteiger partial charge in [-0.1, -0.05) is 62.2 Å². The number of aliphatic imine (C=N–C) groups is 1. The molecule has 0 saturated carbocycles. The lowest BCUT2D eigenvalue weighted by Crippen LogP contribution is -1.99. The highest BCUT2D eigenvalue weighted by molar-refractivity contribution is 9.11. The summed E-state index contributed by atoms with van der Waals surface area (Å²) in [6.07, 6.45) is 1.81. The highest BCUT2D eigenvalue weighted by Gasteiger charge is 2.10. The van der Waals surface area contributed by atoms with Crippen LogP contribution in [0, 0.1) is 0 Å². The molecule has 0 heterocycles. The maximum absolute atomic E-state index is 6.13. The second-order valence-corrected chi connectivity index (χ2v) is 9.57. The number of benzene rings is 4. The van der Waals surface area contributed by atoms with Crippen LogP contribution < -0.4 is 9.47 Å². The second kappa shape index (κ2) is 10.9. The van der Waals surface area contributed by atoms with Crippen LogP contribution >= 0.6 is 47.8 Å². The van der Waals surface area contributed by atoms with Crippen molar-refractivity contribution in [2.75, 3.05) is 0 Å². The summed E-state index contributed by atoms with van der Waals surface area (Å²) in [4.78, 5) is 4.63. The topological polar surface area (TPSA) is 30.8 Å². The van der Waals surface area contributed by atoms with Gasteiger partial charge in [0, 0.05) is 20.7 Å². The van der Waals surface area contributed by atoms with Crippen LogP contribution in [0.4, 0.5) is 5.69 Å². The molecule has 0 aliphatic heterocycles. The smallest absolute Gasteiger partial charge is 0.142 e. The molecule has 0 amide bonds. The van der Waals surface area contributed by atoms with Gasteiger partial charge < -0.3 is 9.47 Å². The summed E-state index contributed by atoms with van der Waals surface area (Å²) in [6, 6.07) is 29.4. The summed E-state index contributed by atoms with van der Waals surface area (Å²) in [5.74, 6) is 2.30. The zero-order valence-corrected chi connectivity index (χ0v) is 21.6. The first kappa shape index (κ1) is 22.8. The number of nitrogens with zero attached hydrogens (tertiary/aromatic N) is 1. The van der Waals surface area contributed by atoms with Gasteiger partial charge >= 0.3 is 0 Å². The molecule has 0 spiro atoms. The Kier molecular flexibility index (Phi) is 7.79. The minimum absolute atomic E-state index is 0.458. The maximum atomic E-state index is 6.13. The average molecular weight is 616 g/mol. The van der Waals surface area contributed by atoms with Crippen LogP contribution in [-0.4, -0.2) is 6.21 Å². The SMILES string of the molecule is Brc1ccc(COc2c(Br)cc(Br)cc2C=Nc2ccc(Oc3ccccc3)cc2)cc1. The van der Waals surface area contributed by atoms with Gasteiger partial charge in [0.2, 0.25) is 0 Å². The van der Waals surface area contributed by atoms with E-state index in [0.29, 0.717) is 6.61 Å². The molecule has 0 aromatic heterocycles. The van der Waals surface area contributed by atoms with Gasteiger partial charge in [0.1, 0.15) is 23.9 Å². The molecule has 0 bridgehead atoms. The predicted molar refractivity (Wildman–Crippen MR) is 141 cm³/mol. The standard InChI is InChI=1S/C26H18Br3NO2/c27-20-8-6-18(7-9-20)17-31-26-19(14-21(28)15-25(26)29)16-30-22-10-12-24(13-11-22)32-23-4-2-1-3-5-23/h1-16H,17H2. The van der Waals surface area contributed by atoms with Gasteiger partial charge in [-0.25, -0.2) is 0 Å². The van der Waals surface area contributed by atoms with E-state index < -0.39 is 0 Å². The molecule has 0 aliphatic carbocycles. The molecule has 0 fully saturated rings. The van der Waals surface area contributed by atoms with Crippen molar-refractivity contribution in [3.05, 3.63) is 116 Å². The normalized spacial score (nSPS) is 11.0. The van der Waals surface area contributed by atoms with E-state index in [0.717, 1.165) is 47.5 Å². The molecule has 0 radical (unpaired) electrons. The third kappa shape index (κ3) is 6.31. The molecule has 4 rings (SSSR count). The Balaban J connectivity index is 1.49. The summed E-state index contributed by atoms with van der Waals surface area (Å²) in [5, 5.41) is 0. The number of rotatable bonds is 7. The number of hydrogen-bond acceptors (Lipinski definition) is 3. The highest BCUT2D eigenvalue weighted by Crippen LogP contribution is 2.33. The van der Waals surface area contributed by atoms with Gasteiger partial charge in [-0.05, 0) is 82.2 Å². The van der Waals surface area contributed by atoms with Gasteiger partial charge in [0.25, 0.3) is 0 Å². The van der Waals surface area contributed by atoms with E-state index in [9.17, 15) is 0 Å². The van der Waals surface area contributed by atoms with E-state index in [2.05, 4.69) is 52.8 Å². The van der Waals surface area contributed by atoms with Crippen LogP contribution in [0.5, 0.6) is 17.2 Å². The monoisotopic (exact) mass is 613 g/mol. The molecule has 0 N–H and O–H groups in total. The molecule has 0 unspecified atom stereocenters. The Morgan fingerprint density at radius 3 is 2.12 bits per heavy atom. The minimum Gasteiger partial charge on any atom is -0.487 e. The van der Waals surface area contributed by atoms with E-state index in [1.165, 1.54) is 0 Å². The molecular formula is C26H18Br3NO2. The van der Waals surface area contributed by atoms with Gasteiger partial charge in [0.05, 0.1) is 10.2 Å². The zero-order chi connectivity index (χ0) is 22.3. The van der Waals surface area contributed by atoms with Gasteiger partial charge in [0.15, 0.2) is 0 Å². The van der Waals surface area contributed by atoms with Crippen LogP contribution in [0.15, 0.2) is 109 Å². The van der Waals surface area contributed by atoms with E-state index in [1.807, 2.05) is 91.0 Å². The summed E-state index contributed by atoms with van der Waals surface area (Å²) < 4.78 is 14.8. The van der Waals surface area contributed by atoms with Crippen molar-refractivity contribution in [3.8, 4) is 17.2 Å². The fraction of sp³-hybridized carbons (Fsp3) is 0.0385. The van der Waals surface area contributed by atoms with Crippen LogP contribution in [0.3, 0.4) is 0 Å². The number of para-hydroxylation sites is 1. The minimum atomic E-state index is 0.458. The van der Waals surface area contributed by atoms with Gasteiger partial charge in [-0.3, -0.25) is 4.99 Å². The van der Waals surface area contributed by atoms with Crippen molar-refractivity contribution in [2.24, 2.45) is 4.99 Å². The summed E-state index contributed by atoms with van der Waals surface area (Å²) in [7, 11) is 0. The van der Waals surface area contributed by atoms with E-state index in [1.54, 1.807) is 6.21 Å². The van der Waals surface area contributed by atoms with Crippen molar-refractivity contribution < 1.29 is 9.47 Å². The fourth-order valence-corrected chi connectivity index (χ4v) is 4.57. The lowest BCUT2D eigenvalue weighted by atomic mass is 10.2.